The van der Waals surface area contributed by atoms with Gasteiger partial charge in [-0.2, -0.15) is 0 Å². The average Bonchev–Trinajstić information content (AvgIpc) is 2.96. The van der Waals surface area contributed by atoms with Crippen molar-refractivity contribution >= 4 is 15.9 Å². The number of sulfonamides is 1. The first-order chi connectivity index (χ1) is 14.6. The summed E-state index contributed by atoms with van der Waals surface area (Å²) in [4.78, 5) is 17.7. The Balaban J connectivity index is 1.78. The lowest BCUT2D eigenvalue weighted by molar-refractivity contribution is 0.0760. The summed E-state index contributed by atoms with van der Waals surface area (Å²) in [7, 11) is -0.596. The van der Waals surface area contributed by atoms with Gasteiger partial charge in [0.1, 0.15) is 0 Å². The maximum absolute atomic E-state index is 13.3. The molecule has 168 valence electrons. The van der Waals surface area contributed by atoms with Gasteiger partial charge in [-0.05, 0) is 61.6 Å². The third kappa shape index (κ3) is 5.17. The molecule has 0 aromatic heterocycles. The molecule has 1 saturated heterocycles. The number of aryl methyl sites for hydroxylation is 2. The monoisotopic (exact) mass is 443 g/mol. The average molecular weight is 444 g/mol. The van der Waals surface area contributed by atoms with Crippen LogP contribution < -0.4 is 0 Å². The number of nitrogens with zero attached hydrogens (tertiary/aromatic N) is 3. The molecule has 7 heteroatoms. The molecule has 1 amide bonds. The molecule has 0 aliphatic carbocycles. The zero-order valence-corrected chi connectivity index (χ0v) is 20.0. The Kier molecular flexibility index (Phi) is 7.19. The molecular formula is C24H33N3O3S. The molecule has 31 heavy (non-hydrogen) atoms. The van der Waals surface area contributed by atoms with E-state index >= 15 is 0 Å². The van der Waals surface area contributed by atoms with Crippen LogP contribution in [0.4, 0.5) is 0 Å². The second-order valence-corrected chi connectivity index (χ2v) is 10.7. The number of carbonyl (C=O) groups excluding carboxylic acids is 1. The van der Waals surface area contributed by atoms with Crippen molar-refractivity contribution in [2.45, 2.75) is 38.6 Å². The van der Waals surface area contributed by atoms with Gasteiger partial charge in [-0.25, -0.2) is 12.7 Å². The van der Waals surface area contributed by atoms with Crippen LogP contribution in [0.5, 0.6) is 0 Å². The normalized spacial score (nSPS) is 15.9. The molecule has 0 spiro atoms. The first-order valence-corrected chi connectivity index (χ1v) is 12.1. The molecule has 2 aromatic rings. The third-order valence-electron chi connectivity index (χ3n) is 6.16. The smallest absolute Gasteiger partial charge is 0.253 e. The number of hydrogen-bond acceptors (Lipinski definition) is 4. The summed E-state index contributed by atoms with van der Waals surface area (Å²) < 4.78 is 26.7. The number of benzene rings is 2. The van der Waals surface area contributed by atoms with Gasteiger partial charge in [-0.3, -0.25) is 9.69 Å². The van der Waals surface area contributed by atoms with Crippen LogP contribution in [0.1, 0.15) is 39.0 Å². The van der Waals surface area contributed by atoms with Gasteiger partial charge in [-0.15, -0.1) is 0 Å². The maximum Gasteiger partial charge on any atom is 0.253 e. The van der Waals surface area contributed by atoms with Gasteiger partial charge in [0.2, 0.25) is 10.0 Å². The van der Waals surface area contributed by atoms with Crippen molar-refractivity contribution in [3.63, 3.8) is 0 Å². The van der Waals surface area contributed by atoms with Gasteiger partial charge in [0.05, 0.1) is 4.90 Å². The highest BCUT2D eigenvalue weighted by atomic mass is 32.2. The minimum atomic E-state index is -3.62. The Morgan fingerprint density at radius 3 is 2.35 bits per heavy atom. The molecule has 1 aliphatic rings. The van der Waals surface area contributed by atoms with Gasteiger partial charge in [0, 0.05) is 52.4 Å². The molecular weight excluding hydrogens is 410 g/mol. The summed E-state index contributed by atoms with van der Waals surface area (Å²) in [5, 5.41) is 0. The predicted molar refractivity (Wildman–Crippen MR) is 124 cm³/mol. The van der Waals surface area contributed by atoms with Crippen LogP contribution in [-0.4, -0.2) is 68.7 Å². The Bertz CT molecular complexity index is 1060. The van der Waals surface area contributed by atoms with Gasteiger partial charge in [0.15, 0.2) is 0 Å². The van der Waals surface area contributed by atoms with E-state index in [4.69, 9.17) is 0 Å². The largest absolute Gasteiger partial charge is 0.337 e. The highest BCUT2D eigenvalue weighted by Gasteiger charge is 2.26. The Labute approximate surface area is 186 Å². The molecule has 0 radical (unpaired) electrons. The fourth-order valence-corrected chi connectivity index (χ4v) is 5.18. The molecule has 2 aromatic carbocycles. The quantitative estimate of drug-likeness (QED) is 0.712. The zero-order valence-electron chi connectivity index (χ0n) is 19.2. The van der Waals surface area contributed by atoms with Crippen molar-refractivity contribution in [2.75, 3.05) is 40.3 Å². The van der Waals surface area contributed by atoms with Crippen molar-refractivity contribution in [1.29, 1.82) is 0 Å². The van der Waals surface area contributed by atoms with E-state index in [9.17, 15) is 13.2 Å². The Morgan fingerprint density at radius 2 is 1.68 bits per heavy atom. The second-order valence-electron chi connectivity index (χ2n) is 8.55. The predicted octanol–water partition coefficient (Wildman–Crippen LogP) is 3.21. The van der Waals surface area contributed by atoms with Crippen molar-refractivity contribution in [3.05, 3.63) is 64.2 Å². The van der Waals surface area contributed by atoms with Gasteiger partial charge in [0.25, 0.3) is 5.91 Å². The van der Waals surface area contributed by atoms with Gasteiger partial charge in [-0.1, -0.05) is 24.3 Å². The fourth-order valence-electron chi connectivity index (χ4n) is 3.96. The third-order valence-corrected chi connectivity index (χ3v) is 8.10. The molecule has 0 saturated carbocycles. The number of amides is 1. The molecule has 1 heterocycles. The SMILES string of the molecule is Cc1ccccc1CN1CCCN(C(=O)c2cc(C)c(C)c(S(=O)(=O)N(C)C)c2)CC1. The van der Waals surface area contributed by atoms with Crippen molar-refractivity contribution < 1.29 is 13.2 Å². The molecule has 1 aliphatic heterocycles. The first kappa shape index (κ1) is 23.4. The van der Waals surface area contributed by atoms with Crippen LogP contribution in [-0.2, 0) is 16.6 Å². The summed E-state index contributed by atoms with van der Waals surface area (Å²) >= 11 is 0. The number of hydrogen-bond donors (Lipinski definition) is 0. The summed E-state index contributed by atoms with van der Waals surface area (Å²) in [6.45, 7) is 9.69. The maximum atomic E-state index is 13.3. The summed E-state index contributed by atoms with van der Waals surface area (Å²) in [5.74, 6) is -0.101. The van der Waals surface area contributed by atoms with Crippen molar-refractivity contribution in [3.8, 4) is 0 Å². The second kappa shape index (κ2) is 9.51. The van der Waals surface area contributed by atoms with Crippen molar-refractivity contribution in [2.24, 2.45) is 0 Å². The van der Waals surface area contributed by atoms with E-state index in [1.807, 2.05) is 17.9 Å². The zero-order chi connectivity index (χ0) is 22.8. The van der Waals surface area contributed by atoms with Crippen LogP contribution in [0.25, 0.3) is 0 Å². The summed E-state index contributed by atoms with van der Waals surface area (Å²) in [6.07, 6.45) is 0.894. The molecule has 1 fully saturated rings. The molecule has 0 N–H and O–H groups in total. The van der Waals surface area contributed by atoms with Crippen LogP contribution in [0.15, 0.2) is 41.3 Å². The minimum Gasteiger partial charge on any atom is -0.337 e. The van der Waals surface area contributed by atoms with E-state index in [1.54, 1.807) is 6.92 Å². The topological polar surface area (TPSA) is 60.9 Å². The van der Waals surface area contributed by atoms with Crippen LogP contribution in [0.2, 0.25) is 0 Å². The van der Waals surface area contributed by atoms with E-state index in [-0.39, 0.29) is 10.8 Å². The lowest BCUT2D eigenvalue weighted by atomic mass is 10.1. The van der Waals surface area contributed by atoms with E-state index < -0.39 is 10.0 Å². The highest BCUT2D eigenvalue weighted by Crippen LogP contribution is 2.24. The van der Waals surface area contributed by atoms with Crippen LogP contribution in [0.3, 0.4) is 0 Å². The minimum absolute atomic E-state index is 0.101. The summed E-state index contributed by atoms with van der Waals surface area (Å²) in [6, 6.07) is 11.7. The molecule has 0 bridgehead atoms. The van der Waals surface area contributed by atoms with Crippen LogP contribution in [0, 0.1) is 20.8 Å². The van der Waals surface area contributed by atoms with E-state index in [0.29, 0.717) is 24.2 Å². The van der Waals surface area contributed by atoms with Gasteiger partial charge < -0.3 is 4.90 Å². The van der Waals surface area contributed by atoms with Crippen molar-refractivity contribution in [1.82, 2.24) is 14.1 Å². The molecule has 3 rings (SSSR count). The van der Waals surface area contributed by atoms with Crippen LogP contribution >= 0.6 is 0 Å². The number of rotatable bonds is 5. The summed E-state index contributed by atoms with van der Waals surface area (Å²) in [5.41, 5.74) is 4.53. The Hall–Kier alpha value is -2.22. The van der Waals surface area contributed by atoms with E-state index in [2.05, 4.69) is 36.1 Å². The van der Waals surface area contributed by atoms with Gasteiger partial charge >= 0.3 is 0 Å². The standard InChI is InChI=1S/C24H33N3O3S/c1-18-9-6-7-10-21(18)17-26-11-8-12-27(14-13-26)24(28)22-15-19(2)20(3)23(16-22)31(29,30)25(4)5/h6-7,9-10,15-16H,8,11-14,17H2,1-5H3. The Morgan fingerprint density at radius 1 is 0.968 bits per heavy atom. The van der Waals surface area contributed by atoms with E-state index in [1.165, 1.54) is 35.6 Å². The first-order valence-electron chi connectivity index (χ1n) is 10.7. The highest BCUT2D eigenvalue weighted by molar-refractivity contribution is 7.89. The molecule has 0 atom stereocenters. The lowest BCUT2D eigenvalue weighted by Crippen LogP contribution is -2.35. The fraction of sp³-hybridized carbons (Fsp3) is 0.458. The number of carbonyl (C=O) groups is 1. The molecule has 0 unspecified atom stereocenters. The van der Waals surface area contributed by atoms with E-state index in [0.717, 1.165) is 31.6 Å². The lowest BCUT2D eigenvalue weighted by Gasteiger charge is -2.23. The molecule has 6 nitrogen and oxygen atoms in total.